The second-order valence-electron chi connectivity index (χ2n) is 5.34. The molecule has 0 aliphatic carbocycles. The average Bonchev–Trinajstić information content (AvgIpc) is 2.23. The zero-order valence-electron chi connectivity index (χ0n) is 11.5. The Morgan fingerprint density at radius 3 is 1.05 bits per heavy atom. The molecule has 2 aromatic rings. The fourth-order valence-electron chi connectivity index (χ4n) is 2.60. The zero-order chi connectivity index (χ0) is 15.9. The third-order valence-electron chi connectivity index (χ3n) is 3.41. The van der Waals surface area contributed by atoms with Crippen LogP contribution in [0.3, 0.4) is 0 Å². The normalized spacial score (nSPS) is 11.5. The largest absolute Gasteiger partial charge is 0.508 e. The van der Waals surface area contributed by atoms with E-state index in [2.05, 4.69) is 0 Å². The van der Waals surface area contributed by atoms with Crippen LogP contribution in [0.2, 0.25) is 0 Å². The maximum Gasteiger partial charge on any atom is 0.127 e. The highest BCUT2D eigenvalue weighted by atomic mass is 16.3. The first-order chi connectivity index (χ1) is 9.64. The van der Waals surface area contributed by atoms with Gasteiger partial charge in [0.2, 0.25) is 0 Å². The van der Waals surface area contributed by atoms with E-state index in [1.54, 1.807) is 13.8 Å². The third-order valence-corrected chi connectivity index (χ3v) is 3.41. The molecular weight excluding hydrogens is 276 g/mol. The van der Waals surface area contributed by atoms with Crippen molar-refractivity contribution in [3.8, 4) is 34.5 Å². The molecule has 0 aliphatic rings. The molecule has 0 saturated carbocycles. The van der Waals surface area contributed by atoms with Crippen LogP contribution < -0.4 is 0 Å². The number of benzene rings is 2. The first-order valence-electron chi connectivity index (χ1n) is 6.15. The van der Waals surface area contributed by atoms with Crippen LogP contribution in [0.25, 0.3) is 0 Å². The Bertz CT molecular complexity index is 600. The van der Waals surface area contributed by atoms with Gasteiger partial charge < -0.3 is 30.6 Å². The van der Waals surface area contributed by atoms with Gasteiger partial charge in [-0.25, -0.2) is 0 Å². The SMILES string of the molecule is CC(C)(c1c(O)cc(O)cc1O)c1c(O)cc(O)cc1O. The summed E-state index contributed by atoms with van der Waals surface area (Å²) in [5.41, 5.74) is -1.14. The van der Waals surface area contributed by atoms with Crippen LogP contribution in [-0.4, -0.2) is 30.6 Å². The molecule has 112 valence electrons. The van der Waals surface area contributed by atoms with E-state index in [0.29, 0.717) is 0 Å². The molecule has 0 amide bonds. The second kappa shape index (κ2) is 4.66. The van der Waals surface area contributed by atoms with Gasteiger partial charge in [-0.1, -0.05) is 13.8 Å². The highest BCUT2D eigenvalue weighted by Crippen LogP contribution is 2.49. The van der Waals surface area contributed by atoms with Gasteiger partial charge in [-0.15, -0.1) is 0 Å². The molecule has 0 aromatic heterocycles. The number of rotatable bonds is 2. The fourth-order valence-corrected chi connectivity index (χ4v) is 2.60. The Balaban J connectivity index is 2.74. The number of hydrogen-bond donors (Lipinski definition) is 6. The number of hydrogen-bond acceptors (Lipinski definition) is 6. The van der Waals surface area contributed by atoms with Crippen molar-refractivity contribution >= 4 is 0 Å². The average molecular weight is 292 g/mol. The lowest BCUT2D eigenvalue weighted by Gasteiger charge is -2.29. The Morgan fingerprint density at radius 1 is 0.571 bits per heavy atom. The van der Waals surface area contributed by atoms with Crippen molar-refractivity contribution in [1.29, 1.82) is 0 Å². The van der Waals surface area contributed by atoms with E-state index < -0.39 is 5.41 Å². The molecule has 0 unspecified atom stereocenters. The van der Waals surface area contributed by atoms with Gasteiger partial charge >= 0.3 is 0 Å². The molecule has 0 heterocycles. The summed E-state index contributed by atoms with van der Waals surface area (Å²) in [7, 11) is 0. The fraction of sp³-hybridized carbons (Fsp3) is 0.200. The maximum absolute atomic E-state index is 9.97. The summed E-state index contributed by atoms with van der Waals surface area (Å²) < 4.78 is 0. The van der Waals surface area contributed by atoms with Crippen molar-refractivity contribution in [2.24, 2.45) is 0 Å². The lowest BCUT2D eigenvalue weighted by Crippen LogP contribution is -2.19. The van der Waals surface area contributed by atoms with E-state index in [-0.39, 0.29) is 45.6 Å². The van der Waals surface area contributed by atoms with Crippen molar-refractivity contribution in [2.45, 2.75) is 19.3 Å². The first-order valence-corrected chi connectivity index (χ1v) is 6.15. The van der Waals surface area contributed by atoms with Crippen LogP contribution >= 0.6 is 0 Å². The van der Waals surface area contributed by atoms with E-state index in [9.17, 15) is 30.6 Å². The van der Waals surface area contributed by atoms with Gasteiger partial charge in [0.1, 0.15) is 34.5 Å². The van der Waals surface area contributed by atoms with Crippen molar-refractivity contribution in [1.82, 2.24) is 0 Å². The Morgan fingerprint density at radius 2 is 0.810 bits per heavy atom. The van der Waals surface area contributed by atoms with Crippen LogP contribution in [0.1, 0.15) is 25.0 Å². The predicted octanol–water partition coefficient (Wildman–Crippen LogP) is 2.25. The summed E-state index contributed by atoms with van der Waals surface area (Å²) in [5, 5.41) is 58.6. The summed E-state index contributed by atoms with van der Waals surface area (Å²) >= 11 is 0. The Hall–Kier alpha value is -2.76. The number of phenolic OH excluding ortho intramolecular Hbond substituents is 6. The molecule has 0 radical (unpaired) electrons. The highest BCUT2D eigenvalue weighted by Gasteiger charge is 2.35. The molecule has 2 aromatic carbocycles. The van der Waals surface area contributed by atoms with E-state index in [1.807, 2.05) is 0 Å². The van der Waals surface area contributed by atoms with Gasteiger partial charge in [0.15, 0.2) is 0 Å². The van der Waals surface area contributed by atoms with E-state index in [4.69, 9.17) is 0 Å². The molecule has 6 nitrogen and oxygen atoms in total. The number of aromatic hydroxyl groups is 6. The van der Waals surface area contributed by atoms with Gasteiger partial charge in [-0.2, -0.15) is 0 Å². The molecule has 0 bridgehead atoms. The van der Waals surface area contributed by atoms with Crippen LogP contribution in [0, 0.1) is 0 Å². The van der Waals surface area contributed by atoms with E-state index in [0.717, 1.165) is 24.3 Å². The molecular formula is C15H16O6. The van der Waals surface area contributed by atoms with Crippen LogP contribution in [0.4, 0.5) is 0 Å². The monoisotopic (exact) mass is 292 g/mol. The minimum atomic E-state index is -1.19. The second-order valence-corrected chi connectivity index (χ2v) is 5.34. The van der Waals surface area contributed by atoms with Crippen molar-refractivity contribution in [2.75, 3.05) is 0 Å². The lowest BCUT2D eigenvalue weighted by molar-refractivity contribution is 0.383. The third kappa shape index (κ3) is 2.35. The van der Waals surface area contributed by atoms with Crippen LogP contribution in [-0.2, 0) is 5.41 Å². The van der Waals surface area contributed by atoms with Gasteiger partial charge in [0, 0.05) is 40.8 Å². The summed E-state index contributed by atoms with van der Waals surface area (Å²) in [6.07, 6.45) is 0. The van der Waals surface area contributed by atoms with Gasteiger partial charge in [0.05, 0.1) is 0 Å². The van der Waals surface area contributed by atoms with Crippen LogP contribution in [0.15, 0.2) is 24.3 Å². The molecule has 0 atom stereocenters. The van der Waals surface area contributed by atoms with E-state index >= 15 is 0 Å². The first kappa shape index (κ1) is 14.6. The quantitative estimate of drug-likeness (QED) is 0.505. The lowest BCUT2D eigenvalue weighted by atomic mass is 9.76. The minimum absolute atomic E-state index is 0.0246. The molecule has 6 heteroatoms. The molecule has 0 spiro atoms. The minimum Gasteiger partial charge on any atom is -0.508 e. The van der Waals surface area contributed by atoms with E-state index in [1.165, 1.54) is 0 Å². The Kier molecular flexibility index (Phi) is 3.25. The number of phenols is 6. The van der Waals surface area contributed by atoms with Gasteiger partial charge in [-0.05, 0) is 0 Å². The Labute approximate surface area is 120 Å². The van der Waals surface area contributed by atoms with Crippen molar-refractivity contribution < 1.29 is 30.6 Å². The van der Waals surface area contributed by atoms with Crippen molar-refractivity contribution in [3.63, 3.8) is 0 Å². The molecule has 0 aliphatic heterocycles. The van der Waals surface area contributed by atoms with Gasteiger partial charge in [-0.3, -0.25) is 0 Å². The van der Waals surface area contributed by atoms with Crippen LogP contribution in [0.5, 0.6) is 34.5 Å². The molecule has 21 heavy (non-hydrogen) atoms. The molecule has 6 N–H and O–H groups in total. The van der Waals surface area contributed by atoms with Gasteiger partial charge in [0.25, 0.3) is 0 Å². The summed E-state index contributed by atoms with van der Waals surface area (Å²) in [4.78, 5) is 0. The maximum atomic E-state index is 9.97. The molecule has 2 rings (SSSR count). The smallest absolute Gasteiger partial charge is 0.127 e. The summed E-state index contributed by atoms with van der Waals surface area (Å²) in [6.45, 7) is 3.12. The standard InChI is InChI=1S/C15H16O6/c1-15(2,13-9(18)3-7(16)4-10(13)19)14-11(20)5-8(17)6-12(14)21/h3-6,16-21H,1-2H3. The van der Waals surface area contributed by atoms with Crippen molar-refractivity contribution in [3.05, 3.63) is 35.4 Å². The topological polar surface area (TPSA) is 121 Å². The molecule has 0 fully saturated rings. The summed E-state index contributed by atoms with van der Waals surface area (Å²) in [5.74, 6) is -2.17. The zero-order valence-corrected chi connectivity index (χ0v) is 11.5. The highest BCUT2D eigenvalue weighted by molar-refractivity contribution is 5.62. The predicted molar refractivity (Wildman–Crippen MR) is 75.0 cm³/mol. The molecule has 0 saturated heterocycles. The summed E-state index contributed by atoms with van der Waals surface area (Å²) in [6, 6.07) is 4.19.